The van der Waals surface area contributed by atoms with Gasteiger partial charge in [0.25, 0.3) is 0 Å². The van der Waals surface area contributed by atoms with E-state index in [4.69, 9.17) is 4.74 Å². The molecule has 2 N–H and O–H groups in total. The predicted molar refractivity (Wildman–Crippen MR) is 98.4 cm³/mol. The summed E-state index contributed by atoms with van der Waals surface area (Å²) in [5.74, 6) is 1.46. The summed E-state index contributed by atoms with van der Waals surface area (Å²) in [4.78, 5) is 8.54. The molecule has 0 atom stereocenters. The maximum Gasteiger partial charge on any atom is 0.213 e. The Morgan fingerprint density at radius 3 is 2.58 bits per heavy atom. The molecule has 0 saturated carbocycles. The number of rotatable bonds is 8. The van der Waals surface area contributed by atoms with Crippen LogP contribution in [-0.2, 0) is 13.0 Å². The highest BCUT2D eigenvalue weighted by Crippen LogP contribution is 2.07. The molecule has 128 valence electrons. The van der Waals surface area contributed by atoms with E-state index < -0.39 is 0 Å². The molecule has 0 amide bonds. The minimum absolute atomic E-state index is 0.672. The number of nitrogens with zero attached hydrogens (tertiary/aromatic N) is 2. The molecule has 2 rings (SSSR count). The number of aliphatic imine (C=N–C) groups is 1. The van der Waals surface area contributed by atoms with Crippen LogP contribution in [0.2, 0.25) is 0 Å². The van der Waals surface area contributed by atoms with E-state index in [0.29, 0.717) is 19.0 Å². The Hall–Kier alpha value is -2.56. The zero-order valence-electron chi connectivity index (χ0n) is 14.5. The van der Waals surface area contributed by atoms with Crippen molar-refractivity contribution in [2.75, 3.05) is 20.2 Å². The molecule has 1 aromatic heterocycles. The van der Waals surface area contributed by atoms with Gasteiger partial charge in [0.2, 0.25) is 5.88 Å². The average molecular weight is 326 g/mol. The second-order valence-electron chi connectivity index (χ2n) is 5.44. The number of benzene rings is 1. The van der Waals surface area contributed by atoms with Crippen molar-refractivity contribution in [2.45, 2.75) is 26.3 Å². The Morgan fingerprint density at radius 1 is 1.08 bits per heavy atom. The standard InChI is InChI=1S/C19H26N4O/c1-3-13-24-18-10-9-17(14-22-18)15-23-19(20-2)21-12-11-16-7-5-4-6-8-16/h4-10,14H,3,11-13,15H2,1-2H3,(H2,20,21,23). The van der Waals surface area contributed by atoms with Crippen molar-refractivity contribution < 1.29 is 4.74 Å². The van der Waals surface area contributed by atoms with Gasteiger partial charge in [0.15, 0.2) is 5.96 Å². The molecule has 0 aliphatic rings. The van der Waals surface area contributed by atoms with E-state index in [1.165, 1.54) is 5.56 Å². The Balaban J connectivity index is 1.73. The lowest BCUT2D eigenvalue weighted by Crippen LogP contribution is -2.37. The van der Waals surface area contributed by atoms with Crippen LogP contribution in [0.25, 0.3) is 0 Å². The van der Waals surface area contributed by atoms with Gasteiger partial charge >= 0.3 is 0 Å². The summed E-state index contributed by atoms with van der Waals surface area (Å²) in [5.41, 5.74) is 2.40. The van der Waals surface area contributed by atoms with Gasteiger partial charge in [-0.25, -0.2) is 4.98 Å². The van der Waals surface area contributed by atoms with Crippen LogP contribution in [0, 0.1) is 0 Å². The molecule has 24 heavy (non-hydrogen) atoms. The van der Waals surface area contributed by atoms with Gasteiger partial charge in [-0.15, -0.1) is 0 Å². The van der Waals surface area contributed by atoms with Crippen LogP contribution in [0.5, 0.6) is 5.88 Å². The number of pyridine rings is 1. The predicted octanol–water partition coefficient (Wildman–Crippen LogP) is 2.78. The first kappa shape index (κ1) is 17.8. The van der Waals surface area contributed by atoms with E-state index in [0.717, 1.165) is 30.9 Å². The zero-order valence-corrected chi connectivity index (χ0v) is 14.5. The number of hydrogen-bond acceptors (Lipinski definition) is 3. The molecule has 0 unspecified atom stereocenters. The Kier molecular flexibility index (Phi) is 7.60. The third kappa shape index (κ3) is 6.28. The molecule has 1 aromatic carbocycles. The van der Waals surface area contributed by atoms with Gasteiger partial charge in [0.1, 0.15) is 0 Å². The van der Waals surface area contributed by atoms with Gasteiger partial charge in [-0.1, -0.05) is 43.3 Å². The Morgan fingerprint density at radius 2 is 1.92 bits per heavy atom. The van der Waals surface area contributed by atoms with Crippen molar-refractivity contribution in [3.05, 3.63) is 59.8 Å². The van der Waals surface area contributed by atoms with Crippen molar-refractivity contribution in [1.29, 1.82) is 0 Å². The normalized spacial score (nSPS) is 11.2. The molecule has 5 heteroatoms. The summed E-state index contributed by atoms with van der Waals surface area (Å²) in [6.07, 6.45) is 3.78. The van der Waals surface area contributed by atoms with Crippen LogP contribution < -0.4 is 15.4 Å². The zero-order chi connectivity index (χ0) is 17.0. The number of ether oxygens (including phenoxy) is 1. The summed E-state index contributed by atoms with van der Waals surface area (Å²) in [5, 5.41) is 6.61. The van der Waals surface area contributed by atoms with Crippen molar-refractivity contribution in [3.63, 3.8) is 0 Å². The lowest BCUT2D eigenvalue weighted by atomic mass is 10.1. The summed E-state index contributed by atoms with van der Waals surface area (Å²) < 4.78 is 5.48. The third-order valence-electron chi connectivity index (χ3n) is 3.48. The molecule has 0 aliphatic carbocycles. The van der Waals surface area contributed by atoms with Crippen molar-refractivity contribution in [2.24, 2.45) is 4.99 Å². The van der Waals surface area contributed by atoms with Crippen LogP contribution in [-0.4, -0.2) is 31.1 Å². The number of nitrogens with one attached hydrogen (secondary N) is 2. The molecule has 0 saturated heterocycles. The van der Waals surface area contributed by atoms with Crippen molar-refractivity contribution >= 4 is 5.96 Å². The SMILES string of the molecule is CCCOc1ccc(CNC(=NC)NCCc2ccccc2)cn1. The number of hydrogen-bond donors (Lipinski definition) is 2. The first-order valence-corrected chi connectivity index (χ1v) is 8.38. The smallest absolute Gasteiger partial charge is 0.213 e. The minimum atomic E-state index is 0.672. The third-order valence-corrected chi connectivity index (χ3v) is 3.48. The van der Waals surface area contributed by atoms with Crippen molar-refractivity contribution in [1.82, 2.24) is 15.6 Å². The molecule has 0 spiro atoms. The fourth-order valence-electron chi connectivity index (χ4n) is 2.18. The second kappa shape index (κ2) is 10.3. The highest BCUT2D eigenvalue weighted by molar-refractivity contribution is 5.79. The lowest BCUT2D eigenvalue weighted by Gasteiger charge is -2.12. The summed E-state index contributed by atoms with van der Waals surface area (Å²) >= 11 is 0. The molecular formula is C19H26N4O. The number of aromatic nitrogens is 1. The highest BCUT2D eigenvalue weighted by Gasteiger charge is 2.00. The topological polar surface area (TPSA) is 58.5 Å². The molecule has 2 aromatic rings. The lowest BCUT2D eigenvalue weighted by molar-refractivity contribution is 0.305. The summed E-state index contributed by atoms with van der Waals surface area (Å²) in [6, 6.07) is 14.3. The fourth-order valence-corrected chi connectivity index (χ4v) is 2.18. The molecule has 1 heterocycles. The molecule has 0 aliphatic heterocycles. The molecule has 5 nitrogen and oxygen atoms in total. The van der Waals surface area contributed by atoms with Gasteiger partial charge < -0.3 is 15.4 Å². The minimum Gasteiger partial charge on any atom is -0.478 e. The van der Waals surface area contributed by atoms with E-state index in [2.05, 4.69) is 51.8 Å². The number of guanidine groups is 1. The van der Waals surface area contributed by atoms with Gasteiger partial charge in [-0.2, -0.15) is 0 Å². The van der Waals surface area contributed by atoms with Crippen LogP contribution in [0.15, 0.2) is 53.7 Å². The maximum atomic E-state index is 5.48. The average Bonchev–Trinajstić information content (AvgIpc) is 2.64. The van der Waals surface area contributed by atoms with Crippen molar-refractivity contribution in [3.8, 4) is 5.88 Å². The molecule has 0 bridgehead atoms. The molecule has 0 fully saturated rings. The quantitative estimate of drug-likeness (QED) is 0.578. The van der Waals surface area contributed by atoms with E-state index in [1.54, 1.807) is 7.05 Å². The summed E-state index contributed by atoms with van der Waals surface area (Å²) in [7, 11) is 1.78. The Labute approximate surface area is 144 Å². The monoisotopic (exact) mass is 326 g/mol. The molecular weight excluding hydrogens is 300 g/mol. The van der Waals surface area contributed by atoms with Gasteiger partial charge in [-0.3, -0.25) is 4.99 Å². The first-order valence-electron chi connectivity index (χ1n) is 8.38. The van der Waals surface area contributed by atoms with E-state index in [-0.39, 0.29) is 0 Å². The summed E-state index contributed by atoms with van der Waals surface area (Å²) in [6.45, 7) is 4.29. The van der Waals surface area contributed by atoms with Crippen LogP contribution in [0.1, 0.15) is 24.5 Å². The van der Waals surface area contributed by atoms with Crippen LogP contribution >= 0.6 is 0 Å². The van der Waals surface area contributed by atoms with E-state index >= 15 is 0 Å². The largest absolute Gasteiger partial charge is 0.478 e. The maximum absolute atomic E-state index is 5.48. The van der Waals surface area contributed by atoms with E-state index in [9.17, 15) is 0 Å². The van der Waals surface area contributed by atoms with Crippen LogP contribution in [0.3, 0.4) is 0 Å². The fraction of sp³-hybridized carbons (Fsp3) is 0.368. The van der Waals surface area contributed by atoms with Gasteiger partial charge in [0.05, 0.1) is 6.61 Å². The first-order chi connectivity index (χ1) is 11.8. The molecule has 0 radical (unpaired) electrons. The van der Waals surface area contributed by atoms with Gasteiger partial charge in [0, 0.05) is 32.4 Å². The Bertz CT molecular complexity index is 611. The van der Waals surface area contributed by atoms with Gasteiger partial charge in [-0.05, 0) is 24.0 Å². The van der Waals surface area contributed by atoms with E-state index in [1.807, 2.05) is 24.4 Å². The second-order valence-corrected chi connectivity index (χ2v) is 5.44. The highest BCUT2D eigenvalue weighted by atomic mass is 16.5. The van der Waals surface area contributed by atoms with Crippen LogP contribution in [0.4, 0.5) is 0 Å².